The van der Waals surface area contributed by atoms with E-state index in [1.807, 2.05) is 0 Å². The molecular weight excluding hydrogens is 405 g/mol. The molecule has 2 unspecified atom stereocenters. The number of amides is 1. The van der Waals surface area contributed by atoms with E-state index in [9.17, 15) is 26.4 Å². The van der Waals surface area contributed by atoms with Crippen LogP contribution in [0.25, 0.3) is 0 Å². The van der Waals surface area contributed by atoms with Gasteiger partial charge in [0.1, 0.15) is 22.3 Å². The Hall–Kier alpha value is -2.39. The molecule has 5 nitrogen and oxygen atoms in total. The second-order valence-electron chi connectivity index (χ2n) is 7.27. The molecule has 29 heavy (non-hydrogen) atoms. The van der Waals surface area contributed by atoms with E-state index in [2.05, 4.69) is 0 Å². The normalized spacial score (nSPS) is 22.5. The zero-order chi connectivity index (χ0) is 20.8. The molecule has 4 rings (SSSR count). The Kier molecular flexibility index (Phi) is 5.12. The molecule has 0 bridgehead atoms. The summed E-state index contributed by atoms with van der Waals surface area (Å²) in [4.78, 5) is 13.7. The fourth-order valence-electron chi connectivity index (χ4n) is 3.79. The SMILES string of the molecule is O=C(C1CC1c1ccccc1F)N1CCN(S(=O)(=O)c2ccc(F)cc2F)CC1. The van der Waals surface area contributed by atoms with E-state index in [0.29, 0.717) is 18.1 Å². The second-order valence-corrected chi connectivity index (χ2v) is 9.18. The van der Waals surface area contributed by atoms with Crippen molar-refractivity contribution < 1.29 is 26.4 Å². The van der Waals surface area contributed by atoms with E-state index < -0.39 is 26.6 Å². The van der Waals surface area contributed by atoms with Gasteiger partial charge < -0.3 is 4.90 Å². The Morgan fingerprint density at radius 2 is 1.62 bits per heavy atom. The molecule has 1 heterocycles. The predicted molar refractivity (Wildman–Crippen MR) is 98.9 cm³/mol. The van der Waals surface area contributed by atoms with Crippen LogP contribution < -0.4 is 0 Å². The highest BCUT2D eigenvalue weighted by molar-refractivity contribution is 7.89. The molecular formula is C20H19F3N2O3S. The first-order chi connectivity index (χ1) is 13.8. The number of carbonyl (C=O) groups is 1. The quantitative estimate of drug-likeness (QED) is 0.759. The summed E-state index contributed by atoms with van der Waals surface area (Å²) < 4.78 is 67.2. The molecule has 2 aromatic carbocycles. The van der Waals surface area contributed by atoms with Crippen LogP contribution >= 0.6 is 0 Å². The average Bonchev–Trinajstić information content (AvgIpc) is 3.48. The van der Waals surface area contributed by atoms with E-state index in [1.165, 1.54) is 6.07 Å². The first-order valence-corrected chi connectivity index (χ1v) is 10.7. The maximum atomic E-state index is 13.9. The van der Waals surface area contributed by atoms with Crippen molar-refractivity contribution >= 4 is 15.9 Å². The number of hydrogen-bond donors (Lipinski definition) is 0. The fraction of sp³-hybridized carbons (Fsp3) is 0.350. The lowest BCUT2D eigenvalue weighted by atomic mass is 10.1. The van der Waals surface area contributed by atoms with Crippen molar-refractivity contribution in [3.63, 3.8) is 0 Å². The Morgan fingerprint density at radius 1 is 0.931 bits per heavy atom. The molecule has 0 radical (unpaired) electrons. The van der Waals surface area contributed by atoms with Crippen LogP contribution in [0.5, 0.6) is 0 Å². The zero-order valence-corrected chi connectivity index (χ0v) is 16.2. The molecule has 0 aromatic heterocycles. The molecule has 2 aromatic rings. The van der Waals surface area contributed by atoms with Gasteiger partial charge >= 0.3 is 0 Å². The molecule has 1 aliphatic carbocycles. The summed E-state index contributed by atoms with van der Waals surface area (Å²) in [5.74, 6) is -2.91. The highest BCUT2D eigenvalue weighted by Gasteiger charge is 2.47. The van der Waals surface area contributed by atoms with Crippen molar-refractivity contribution in [1.29, 1.82) is 0 Å². The smallest absolute Gasteiger partial charge is 0.246 e. The zero-order valence-electron chi connectivity index (χ0n) is 15.4. The predicted octanol–water partition coefficient (Wildman–Crippen LogP) is 2.74. The highest BCUT2D eigenvalue weighted by Crippen LogP contribution is 2.49. The van der Waals surface area contributed by atoms with Gasteiger partial charge in [-0.3, -0.25) is 4.79 Å². The number of sulfonamides is 1. The van der Waals surface area contributed by atoms with Gasteiger partial charge in [0, 0.05) is 38.2 Å². The van der Waals surface area contributed by atoms with Gasteiger partial charge in [-0.15, -0.1) is 0 Å². The summed E-state index contributed by atoms with van der Waals surface area (Å²) in [5, 5.41) is 0. The van der Waals surface area contributed by atoms with Crippen molar-refractivity contribution in [2.24, 2.45) is 5.92 Å². The van der Waals surface area contributed by atoms with Crippen molar-refractivity contribution in [2.45, 2.75) is 17.2 Å². The van der Waals surface area contributed by atoms with Crippen molar-refractivity contribution in [3.05, 3.63) is 65.5 Å². The third-order valence-corrected chi connectivity index (χ3v) is 7.41. The maximum absolute atomic E-state index is 13.9. The van der Waals surface area contributed by atoms with Crippen LogP contribution in [0.4, 0.5) is 13.2 Å². The van der Waals surface area contributed by atoms with Crippen molar-refractivity contribution in [2.75, 3.05) is 26.2 Å². The van der Waals surface area contributed by atoms with Gasteiger partial charge in [0.05, 0.1) is 0 Å². The summed E-state index contributed by atoms with van der Waals surface area (Å²) in [5.41, 5.74) is 0.527. The Labute approximate surface area is 166 Å². The number of benzene rings is 2. The number of nitrogens with zero attached hydrogens (tertiary/aromatic N) is 2. The van der Waals surface area contributed by atoms with Crippen LogP contribution in [-0.2, 0) is 14.8 Å². The van der Waals surface area contributed by atoms with Gasteiger partial charge in [-0.25, -0.2) is 21.6 Å². The van der Waals surface area contributed by atoms with E-state index >= 15 is 0 Å². The molecule has 154 valence electrons. The standard InChI is InChI=1S/C20H19F3N2O3S/c21-13-5-6-19(18(23)11-13)29(27,28)25-9-7-24(8-10-25)20(26)16-12-15(16)14-3-1-2-4-17(14)22/h1-6,11,15-16H,7-10,12H2. The maximum Gasteiger partial charge on any atom is 0.246 e. The van der Waals surface area contributed by atoms with Crippen LogP contribution in [0.15, 0.2) is 47.4 Å². The first kappa shape index (κ1) is 19.9. The minimum Gasteiger partial charge on any atom is -0.340 e. The van der Waals surface area contributed by atoms with Crippen LogP contribution in [0.1, 0.15) is 17.9 Å². The summed E-state index contributed by atoms with van der Waals surface area (Å²) in [6.45, 7) is 0.368. The van der Waals surface area contributed by atoms with E-state index in [-0.39, 0.29) is 49.7 Å². The Balaban J connectivity index is 1.40. The summed E-state index contributed by atoms with van der Waals surface area (Å²) in [6.07, 6.45) is 0.569. The van der Waals surface area contributed by atoms with Gasteiger partial charge in [0.2, 0.25) is 15.9 Å². The molecule has 9 heteroatoms. The van der Waals surface area contributed by atoms with Gasteiger partial charge in [0.15, 0.2) is 0 Å². The largest absolute Gasteiger partial charge is 0.340 e. The minimum atomic E-state index is -4.12. The van der Waals surface area contributed by atoms with Crippen molar-refractivity contribution in [1.82, 2.24) is 9.21 Å². The van der Waals surface area contributed by atoms with Gasteiger partial charge in [-0.1, -0.05) is 18.2 Å². The Morgan fingerprint density at radius 3 is 2.28 bits per heavy atom. The van der Waals surface area contributed by atoms with Gasteiger partial charge in [-0.2, -0.15) is 4.31 Å². The summed E-state index contributed by atoms with van der Waals surface area (Å²) in [7, 11) is -4.12. The molecule has 2 fully saturated rings. The topological polar surface area (TPSA) is 57.7 Å². The Bertz CT molecular complexity index is 1050. The monoisotopic (exact) mass is 424 g/mol. The van der Waals surface area contributed by atoms with Gasteiger partial charge in [0.25, 0.3) is 0 Å². The number of hydrogen-bond acceptors (Lipinski definition) is 3. The summed E-state index contributed by atoms with van der Waals surface area (Å²) in [6, 6.07) is 8.70. The van der Waals surface area contributed by atoms with E-state index in [4.69, 9.17) is 0 Å². The third-order valence-electron chi connectivity index (χ3n) is 5.47. The van der Waals surface area contributed by atoms with E-state index in [0.717, 1.165) is 16.4 Å². The van der Waals surface area contributed by atoms with Crippen LogP contribution in [0, 0.1) is 23.4 Å². The lowest BCUT2D eigenvalue weighted by Crippen LogP contribution is -2.51. The summed E-state index contributed by atoms with van der Waals surface area (Å²) >= 11 is 0. The molecule has 0 spiro atoms. The third kappa shape index (κ3) is 3.76. The lowest BCUT2D eigenvalue weighted by Gasteiger charge is -2.34. The number of piperazine rings is 1. The molecule has 1 amide bonds. The molecule has 2 aliphatic rings. The number of halogens is 3. The van der Waals surface area contributed by atoms with E-state index in [1.54, 1.807) is 23.1 Å². The van der Waals surface area contributed by atoms with Crippen LogP contribution in [-0.4, -0.2) is 49.7 Å². The molecule has 1 saturated carbocycles. The molecule has 1 saturated heterocycles. The second kappa shape index (κ2) is 7.46. The van der Waals surface area contributed by atoms with Crippen LogP contribution in [0.2, 0.25) is 0 Å². The molecule has 1 aliphatic heterocycles. The lowest BCUT2D eigenvalue weighted by molar-refractivity contribution is -0.133. The minimum absolute atomic E-state index is 0.0158. The van der Waals surface area contributed by atoms with Crippen LogP contribution in [0.3, 0.4) is 0 Å². The first-order valence-electron chi connectivity index (χ1n) is 9.27. The number of carbonyl (C=O) groups excluding carboxylic acids is 1. The molecule has 2 atom stereocenters. The average molecular weight is 424 g/mol. The highest BCUT2D eigenvalue weighted by atomic mass is 32.2. The van der Waals surface area contributed by atoms with Crippen molar-refractivity contribution in [3.8, 4) is 0 Å². The molecule has 0 N–H and O–H groups in total. The fourth-order valence-corrected chi connectivity index (χ4v) is 5.26. The number of rotatable bonds is 4. The van der Waals surface area contributed by atoms with Gasteiger partial charge in [-0.05, 0) is 36.1 Å².